The topological polar surface area (TPSA) is 116 Å². The normalized spacial score (nSPS) is 15.6. The highest BCUT2D eigenvalue weighted by molar-refractivity contribution is 6.47. The van der Waals surface area contributed by atoms with E-state index in [1.54, 1.807) is 32.9 Å². The molecule has 0 saturated carbocycles. The average molecular weight is 418 g/mol. The molecule has 1 aromatic carbocycles. The summed E-state index contributed by atoms with van der Waals surface area (Å²) in [6.07, 6.45) is 0.716. The summed E-state index contributed by atoms with van der Waals surface area (Å²) in [4.78, 5) is 47.2. The average Bonchev–Trinajstić information content (AvgIpc) is 2.65. The van der Waals surface area contributed by atoms with Crippen molar-refractivity contribution in [3.05, 3.63) is 29.3 Å². The van der Waals surface area contributed by atoms with Crippen molar-refractivity contribution in [1.82, 2.24) is 0 Å². The minimum atomic E-state index is -1.27. The van der Waals surface area contributed by atoms with Crippen LogP contribution >= 0.6 is 0 Å². The summed E-state index contributed by atoms with van der Waals surface area (Å²) in [7, 11) is -1.27. The number of fused-ring (bicyclic) bond motifs is 1. The van der Waals surface area contributed by atoms with Gasteiger partial charge in [0.1, 0.15) is 22.9 Å². The molecule has 1 atom stereocenters. The number of para-hydroxylation sites is 1. The van der Waals surface area contributed by atoms with E-state index in [0.29, 0.717) is 12.0 Å². The molecule has 30 heavy (non-hydrogen) atoms. The second kappa shape index (κ2) is 9.89. The van der Waals surface area contributed by atoms with E-state index in [-0.39, 0.29) is 42.1 Å². The van der Waals surface area contributed by atoms with Gasteiger partial charge in [0.05, 0.1) is 5.41 Å². The molecule has 1 heterocycles. The fraction of sp³-hybridized carbons (Fsp3) is 0.524. The fourth-order valence-corrected chi connectivity index (χ4v) is 2.96. The Morgan fingerprint density at radius 2 is 1.87 bits per heavy atom. The molecule has 2 rings (SSSR count). The van der Waals surface area contributed by atoms with E-state index in [4.69, 9.17) is 14.1 Å². The Morgan fingerprint density at radius 1 is 1.17 bits per heavy atom. The lowest BCUT2D eigenvalue weighted by Crippen LogP contribution is -2.36. The number of carbonyl (C=O) groups is 4. The van der Waals surface area contributed by atoms with Gasteiger partial charge in [-0.05, 0) is 45.7 Å². The van der Waals surface area contributed by atoms with Crippen LogP contribution in [-0.4, -0.2) is 42.4 Å². The largest absolute Gasteiger partial charge is 0.535 e. The summed E-state index contributed by atoms with van der Waals surface area (Å²) in [5, 5.41) is 10.3. The van der Waals surface area contributed by atoms with Crippen LogP contribution in [0.3, 0.4) is 0 Å². The number of rotatable bonds is 8. The zero-order valence-electron chi connectivity index (χ0n) is 17.7. The van der Waals surface area contributed by atoms with Crippen LogP contribution in [0.1, 0.15) is 62.9 Å². The summed E-state index contributed by atoms with van der Waals surface area (Å²) in [5.41, 5.74) is 0.0353. The molecule has 0 amide bonds. The number of hydrogen-bond donors (Lipinski definition) is 1. The lowest BCUT2D eigenvalue weighted by Gasteiger charge is -2.28. The quantitative estimate of drug-likeness (QED) is 0.389. The van der Waals surface area contributed by atoms with Gasteiger partial charge in [0.2, 0.25) is 6.79 Å². The number of esters is 2. The minimum Gasteiger partial charge on any atom is -0.535 e. The van der Waals surface area contributed by atoms with Crippen LogP contribution in [0.2, 0.25) is 5.82 Å². The molecule has 1 N–H and O–H groups in total. The van der Waals surface area contributed by atoms with Crippen molar-refractivity contribution in [2.75, 3.05) is 6.79 Å². The molecule has 8 nitrogen and oxygen atoms in total. The van der Waals surface area contributed by atoms with Gasteiger partial charge in [0.15, 0.2) is 0 Å². The molecule has 0 spiro atoms. The Labute approximate surface area is 176 Å². The van der Waals surface area contributed by atoms with Gasteiger partial charge < -0.3 is 23.9 Å². The van der Waals surface area contributed by atoms with Crippen LogP contribution in [0.4, 0.5) is 0 Å². The molecule has 0 saturated heterocycles. The second-order valence-corrected chi connectivity index (χ2v) is 8.44. The predicted octanol–water partition coefficient (Wildman–Crippen LogP) is 2.50. The van der Waals surface area contributed by atoms with E-state index >= 15 is 0 Å². The van der Waals surface area contributed by atoms with Crippen molar-refractivity contribution in [2.45, 2.75) is 59.2 Å². The van der Waals surface area contributed by atoms with Crippen LogP contribution in [0, 0.1) is 5.41 Å². The third-order valence-corrected chi connectivity index (χ3v) is 4.68. The van der Waals surface area contributed by atoms with E-state index in [1.807, 2.05) is 0 Å². The van der Waals surface area contributed by atoms with Crippen LogP contribution in [-0.2, 0) is 30.3 Å². The highest BCUT2D eigenvalue weighted by Gasteiger charge is 2.38. The summed E-state index contributed by atoms with van der Waals surface area (Å²) < 4.78 is 15.5. The first-order chi connectivity index (χ1) is 14.0. The van der Waals surface area contributed by atoms with Crippen molar-refractivity contribution in [3.63, 3.8) is 0 Å². The van der Waals surface area contributed by atoms with Crippen LogP contribution in [0.15, 0.2) is 18.2 Å². The second-order valence-electron chi connectivity index (χ2n) is 8.44. The fourth-order valence-electron chi connectivity index (χ4n) is 2.96. The number of ether oxygens (including phenoxy) is 2. The Morgan fingerprint density at radius 3 is 2.50 bits per heavy atom. The highest BCUT2D eigenvalue weighted by atomic mass is 16.7. The molecule has 0 bridgehead atoms. The van der Waals surface area contributed by atoms with Crippen molar-refractivity contribution in [3.8, 4) is 5.75 Å². The molecular weight excluding hydrogens is 391 g/mol. The summed E-state index contributed by atoms with van der Waals surface area (Å²) in [6.45, 7) is 5.94. The standard InChI is InChI=1S/C21H27BO8/c1-13(23)8-9-16(24)11-15-10-14-6-5-7-17(18(14)30-22(15)27)19(25)28-12-29-20(26)21(2,3)4/h5-7,15,27H,8-12H2,1-4H3/t15-/m1/s1. The zero-order chi connectivity index (χ0) is 22.5. The number of carbonyl (C=O) groups excluding carboxylic acids is 4. The third kappa shape index (κ3) is 6.42. The molecule has 1 aliphatic rings. The van der Waals surface area contributed by atoms with Gasteiger partial charge >= 0.3 is 19.1 Å². The number of hydrogen-bond acceptors (Lipinski definition) is 8. The van der Waals surface area contributed by atoms with Crippen LogP contribution < -0.4 is 4.65 Å². The lowest BCUT2D eigenvalue weighted by atomic mass is 9.64. The molecule has 0 radical (unpaired) electrons. The predicted molar refractivity (Wildman–Crippen MR) is 108 cm³/mol. The van der Waals surface area contributed by atoms with Crippen molar-refractivity contribution >= 4 is 30.6 Å². The number of ketones is 2. The molecule has 9 heteroatoms. The SMILES string of the molecule is CC(=O)CCC(=O)C[C@H]1Cc2cccc(C(=O)OCOC(=O)C(C)(C)C)c2OB1O. The van der Waals surface area contributed by atoms with Crippen LogP contribution in [0.25, 0.3) is 0 Å². The van der Waals surface area contributed by atoms with E-state index in [2.05, 4.69) is 0 Å². The summed E-state index contributed by atoms with van der Waals surface area (Å²) in [5.74, 6) is -1.74. The molecule has 1 aliphatic heterocycles. The molecule has 0 unspecified atom stereocenters. The van der Waals surface area contributed by atoms with E-state index < -0.39 is 37.1 Å². The minimum absolute atomic E-state index is 0.0644. The molecule has 162 valence electrons. The van der Waals surface area contributed by atoms with Crippen molar-refractivity contribution in [2.24, 2.45) is 5.41 Å². The first-order valence-electron chi connectivity index (χ1n) is 9.81. The van der Waals surface area contributed by atoms with E-state index in [1.165, 1.54) is 13.0 Å². The summed E-state index contributed by atoms with van der Waals surface area (Å²) in [6, 6.07) is 4.87. The molecule has 0 aromatic heterocycles. The summed E-state index contributed by atoms with van der Waals surface area (Å²) >= 11 is 0. The Hall–Kier alpha value is -2.68. The van der Waals surface area contributed by atoms with Gasteiger partial charge in [-0.15, -0.1) is 0 Å². The Kier molecular flexibility index (Phi) is 7.78. The maximum Gasteiger partial charge on any atom is 0.526 e. The molecule has 1 aromatic rings. The first kappa shape index (κ1) is 23.6. The van der Waals surface area contributed by atoms with Gasteiger partial charge in [0.25, 0.3) is 0 Å². The number of benzene rings is 1. The van der Waals surface area contributed by atoms with Gasteiger partial charge in [-0.25, -0.2) is 4.79 Å². The van der Waals surface area contributed by atoms with Crippen molar-refractivity contribution < 1.29 is 38.3 Å². The van der Waals surface area contributed by atoms with Gasteiger partial charge in [-0.2, -0.15) is 0 Å². The number of Topliss-reactive ketones (excluding diaryl/α,β-unsaturated/α-hetero) is 2. The Balaban J connectivity index is 2.01. The van der Waals surface area contributed by atoms with E-state index in [0.717, 1.165) is 0 Å². The molecule has 0 fully saturated rings. The van der Waals surface area contributed by atoms with Crippen LogP contribution in [0.5, 0.6) is 5.75 Å². The Bertz CT molecular complexity index is 827. The maximum absolute atomic E-state index is 12.4. The molecular formula is C21H27BO8. The maximum atomic E-state index is 12.4. The third-order valence-electron chi connectivity index (χ3n) is 4.68. The zero-order valence-corrected chi connectivity index (χ0v) is 17.7. The first-order valence-corrected chi connectivity index (χ1v) is 9.81. The van der Waals surface area contributed by atoms with Gasteiger partial charge in [-0.3, -0.25) is 9.59 Å². The smallest absolute Gasteiger partial charge is 0.526 e. The lowest BCUT2D eigenvalue weighted by molar-refractivity contribution is -0.161. The molecule has 0 aliphatic carbocycles. The van der Waals surface area contributed by atoms with Gasteiger partial charge in [0, 0.05) is 25.1 Å². The van der Waals surface area contributed by atoms with E-state index in [9.17, 15) is 24.2 Å². The van der Waals surface area contributed by atoms with Crippen molar-refractivity contribution in [1.29, 1.82) is 0 Å². The monoisotopic (exact) mass is 418 g/mol. The highest BCUT2D eigenvalue weighted by Crippen LogP contribution is 2.36. The van der Waals surface area contributed by atoms with Gasteiger partial charge in [-0.1, -0.05) is 12.1 Å².